The van der Waals surface area contributed by atoms with Crippen LogP contribution >= 0.6 is 0 Å². The first-order valence-corrected chi connectivity index (χ1v) is 5.92. The zero-order valence-electron chi connectivity index (χ0n) is 5.78. The zero-order chi connectivity index (χ0) is 7.68. The fourth-order valence-electron chi connectivity index (χ4n) is 1.01. The molecular formula is C9H6Se2. The van der Waals surface area contributed by atoms with Crippen molar-refractivity contribution in [1.29, 1.82) is 0 Å². The van der Waals surface area contributed by atoms with E-state index < -0.39 is 0 Å². The van der Waals surface area contributed by atoms with Crippen LogP contribution in [0.15, 0.2) is 36.4 Å². The number of fused-ring (bicyclic) bond motifs is 1. The topological polar surface area (TPSA) is 0 Å². The summed E-state index contributed by atoms with van der Waals surface area (Å²) in [5.41, 5.74) is 0. The molecule has 0 spiro atoms. The van der Waals surface area contributed by atoms with Gasteiger partial charge in [0.15, 0.2) is 0 Å². The molecule has 2 rings (SSSR count). The third kappa shape index (κ3) is 1.55. The average molecular weight is 272 g/mol. The van der Waals surface area contributed by atoms with E-state index in [0.29, 0.717) is 14.5 Å². The summed E-state index contributed by atoms with van der Waals surface area (Å²) in [7, 11) is 0. The second-order valence-corrected chi connectivity index (χ2v) is 6.80. The van der Waals surface area contributed by atoms with Crippen LogP contribution in [-0.4, -0.2) is 30.1 Å². The maximum absolute atomic E-state index is 3.08. The van der Waals surface area contributed by atoms with Crippen molar-refractivity contribution in [2.24, 2.45) is 0 Å². The van der Waals surface area contributed by atoms with E-state index in [-0.39, 0.29) is 0 Å². The molecule has 0 N–H and O–H groups in total. The van der Waals surface area contributed by atoms with Crippen LogP contribution in [0.4, 0.5) is 0 Å². The molecule has 2 aromatic rings. The molecule has 0 aliphatic carbocycles. The molecular weight excluding hydrogens is 266 g/mol. The van der Waals surface area contributed by atoms with Gasteiger partial charge in [-0.25, -0.2) is 0 Å². The van der Waals surface area contributed by atoms with Crippen molar-refractivity contribution in [3.05, 3.63) is 39.3 Å². The second-order valence-electron chi connectivity index (χ2n) is 2.29. The van der Waals surface area contributed by atoms with Gasteiger partial charge in [-0.05, 0) is 0 Å². The Bertz CT molecular complexity index is 429. The van der Waals surface area contributed by atoms with Crippen molar-refractivity contribution in [2.45, 2.75) is 0 Å². The van der Waals surface area contributed by atoms with Gasteiger partial charge in [-0.2, -0.15) is 0 Å². The summed E-state index contributed by atoms with van der Waals surface area (Å²) in [6.45, 7) is 0. The minimum absolute atomic E-state index is 0.519. The number of hydrogen-bond donors (Lipinski definition) is 0. The van der Waals surface area contributed by atoms with Gasteiger partial charge in [-0.15, -0.1) is 0 Å². The van der Waals surface area contributed by atoms with E-state index in [0.717, 1.165) is 0 Å². The Balaban J connectivity index is 2.94. The van der Waals surface area contributed by atoms with E-state index in [1.54, 1.807) is 0 Å². The summed E-state index contributed by atoms with van der Waals surface area (Å²) >= 11 is 3.60. The average Bonchev–Trinajstić information content (AvgIpc) is 2.04. The Morgan fingerprint density at radius 2 is 1.82 bits per heavy atom. The fourth-order valence-corrected chi connectivity index (χ4v) is 3.71. The zero-order valence-corrected chi connectivity index (χ0v) is 9.21. The van der Waals surface area contributed by atoms with Gasteiger partial charge in [0.25, 0.3) is 0 Å². The third-order valence-electron chi connectivity index (χ3n) is 1.53. The Hall–Kier alpha value is -0.131. The van der Waals surface area contributed by atoms with Crippen molar-refractivity contribution in [1.82, 2.24) is 0 Å². The molecule has 0 saturated carbocycles. The standard InChI is InChI=1S/C9H6Se2/c10-9-6-5-7-3-1-2-4-8(7)11-9/h1-6H. The summed E-state index contributed by atoms with van der Waals surface area (Å²) in [4.78, 5) is 0. The molecule has 54 valence electrons. The van der Waals surface area contributed by atoms with Gasteiger partial charge in [-0.1, -0.05) is 0 Å². The number of benzene rings is 1. The summed E-state index contributed by atoms with van der Waals surface area (Å²) < 4.78 is 2.87. The van der Waals surface area contributed by atoms with Crippen LogP contribution in [0.1, 0.15) is 0 Å². The molecule has 1 aromatic heterocycles. The molecule has 0 aliphatic rings. The number of rotatable bonds is 0. The predicted molar refractivity (Wildman–Crippen MR) is 49.9 cm³/mol. The van der Waals surface area contributed by atoms with Gasteiger partial charge in [-0.3, -0.25) is 0 Å². The van der Waals surface area contributed by atoms with Gasteiger partial charge in [0, 0.05) is 0 Å². The fraction of sp³-hybridized carbons (Fsp3) is 0. The normalized spacial score (nSPS) is 10.2. The molecule has 0 aliphatic heterocycles. The summed E-state index contributed by atoms with van der Waals surface area (Å²) in [5, 5.41) is 1.38. The minimum atomic E-state index is 0.519. The van der Waals surface area contributed by atoms with E-state index >= 15 is 0 Å². The van der Waals surface area contributed by atoms with Gasteiger partial charge in [0.05, 0.1) is 0 Å². The Morgan fingerprint density at radius 1 is 1.00 bits per heavy atom. The molecule has 0 nitrogen and oxygen atoms in total. The van der Waals surface area contributed by atoms with E-state index in [1.165, 1.54) is 12.6 Å². The van der Waals surface area contributed by atoms with Crippen molar-refractivity contribution in [3.8, 4) is 0 Å². The van der Waals surface area contributed by atoms with E-state index in [2.05, 4.69) is 52.0 Å². The first kappa shape index (κ1) is 7.51. The Labute approximate surface area is 79.0 Å². The van der Waals surface area contributed by atoms with Gasteiger partial charge < -0.3 is 0 Å². The molecule has 11 heavy (non-hydrogen) atoms. The Morgan fingerprint density at radius 3 is 2.73 bits per heavy atom. The first-order chi connectivity index (χ1) is 5.36. The monoisotopic (exact) mass is 274 g/mol. The maximum atomic E-state index is 3.08. The molecule has 2 heteroatoms. The number of hydrogen-bond acceptors (Lipinski definition) is 0. The van der Waals surface area contributed by atoms with Crippen molar-refractivity contribution >= 4 is 39.7 Å². The van der Waals surface area contributed by atoms with Gasteiger partial charge >= 0.3 is 79.1 Å². The molecule has 0 bridgehead atoms. The molecule has 0 saturated heterocycles. The molecule has 0 fully saturated rings. The van der Waals surface area contributed by atoms with Crippen molar-refractivity contribution in [2.75, 3.05) is 0 Å². The molecule has 1 aromatic carbocycles. The van der Waals surface area contributed by atoms with Crippen molar-refractivity contribution in [3.63, 3.8) is 0 Å². The molecule has 0 unspecified atom stereocenters. The van der Waals surface area contributed by atoms with Crippen LogP contribution in [0.2, 0.25) is 0 Å². The van der Waals surface area contributed by atoms with E-state index in [1.807, 2.05) is 0 Å². The van der Waals surface area contributed by atoms with Crippen molar-refractivity contribution < 1.29 is 0 Å². The van der Waals surface area contributed by atoms with E-state index in [4.69, 9.17) is 0 Å². The molecule has 1 heterocycles. The van der Waals surface area contributed by atoms with Crippen LogP contribution in [0.25, 0.3) is 9.65 Å². The van der Waals surface area contributed by atoms with Gasteiger partial charge in [0.2, 0.25) is 0 Å². The van der Waals surface area contributed by atoms with Crippen LogP contribution in [0.5, 0.6) is 0 Å². The summed E-state index contributed by atoms with van der Waals surface area (Å²) in [6.07, 6.45) is 0. The van der Waals surface area contributed by atoms with Crippen LogP contribution in [-0.2, 0) is 0 Å². The van der Waals surface area contributed by atoms with Crippen LogP contribution in [0.3, 0.4) is 0 Å². The molecule has 0 atom stereocenters. The molecule has 0 radical (unpaired) electrons. The van der Waals surface area contributed by atoms with Crippen LogP contribution < -0.4 is 0 Å². The molecule has 0 amide bonds. The SMILES string of the molecule is [Se]=c1ccc2ccccc2[se]1. The van der Waals surface area contributed by atoms with Crippen LogP contribution in [0, 0.1) is 2.94 Å². The van der Waals surface area contributed by atoms with E-state index in [9.17, 15) is 0 Å². The first-order valence-electron chi connectivity index (χ1n) is 3.35. The third-order valence-corrected chi connectivity index (χ3v) is 4.67. The Kier molecular flexibility index (Phi) is 2.11. The second kappa shape index (κ2) is 3.08. The quantitative estimate of drug-likeness (QED) is 0.639. The predicted octanol–water partition coefficient (Wildman–Crippen LogP) is 1.60. The van der Waals surface area contributed by atoms with Gasteiger partial charge in [0.1, 0.15) is 0 Å². The summed E-state index contributed by atoms with van der Waals surface area (Å²) in [6, 6.07) is 12.9. The summed E-state index contributed by atoms with van der Waals surface area (Å²) in [5.74, 6) is 0.